The fourth-order valence-corrected chi connectivity index (χ4v) is 1.40. The van der Waals surface area contributed by atoms with Crippen molar-refractivity contribution in [2.45, 2.75) is 0 Å². The lowest BCUT2D eigenvalue weighted by Gasteiger charge is -2.10. The number of benzene rings is 1. The molecule has 0 aliphatic rings. The Labute approximate surface area is 90.5 Å². The summed E-state index contributed by atoms with van der Waals surface area (Å²) in [5, 5.41) is 0. The van der Waals surface area contributed by atoms with Gasteiger partial charge >= 0.3 is 0 Å². The molecule has 2 N–H and O–H groups in total. The van der Waals surface area contributed by atoms with Crippen molar-refractivity contribution in [3.8, 4) is 0 Å². The van der Waals surface area contributed by atoms with E-state index in [0.29, 0.717) is 11.3 Å². The number of rotatable bonds is 3. The van der Waals surface area contributed by atoms with E-state index in [2.05, 4.69) is 4.72 Å². The molecule has 0 aliphatic carbocycles. The Morgan fingerprint density at radius 1 is 1.47 bits per heavy atom. The molecule has 1 atom stereocenters. The molecular formula is C9H12N2O3S. The normalized spacial score (nSPS) is 11.9. The molecule has 0 heterocycles. The molecule has 1 amide bonds. The second-order valence-electron chi connectivity index (χ2n) is 3.13. The van der Waals surface area contributed by atoms with Gasteiger partial charge in [0.1, 0.15) is 0 Å². The van der Waals surface area contributed by atoms with Crippen LogP contribution >= 0.6 is 0 Å². The molecular weight excluding hydrogens is 216 g/mol. The van der Waals surface area contributed by atoms with Gasteiger partial charge in [0, 0.05) is 25.3 Å². The molecule has 0 spiro atoms. The van der Waals surface area contributed by atoms with Gasteiger partial charge in [0.15, 0.2) is 0 Å². The molecule has 0 radical (unpaired) electrons. The van der Waals surface area contributed by atoms with Gasteiger partial charge in [-0.2, -0.15) is 0 Å². The van der Waals surface area contributed by atoms with Crippen molar-refractivity contribution in [2.24, 2.45) is 0 Å². The number of hydrogen-bond donors (Lipinski definition) is 2. The molecule has 1 aromatic rings. The Bertz CT molecular complexity index is 393. The Morgan fingerprint density at radius 3 is 2.67 bits per heavy atom. The van der Waals surface area contributed by atoms with Crippen LogP contribution in [0.2, 0.25) is 0 Å². The van der Waals surface area contributed by atoms with Gasteiger partial charge in [0.05, 0.1) is 0 Å². The van der Waals surface area contributed by atoms with Crippen molar-refractivity contribution in [2.75, 3.05) is 18.8 Å². The summed E-state index contributed by atoms with van der Waals surface area (Å²) in [7, 11) is 3.29. The highest BCUT2D eigenvalue weighted by Gasteiger charge is 2.08. The lowest BCUT2D eigenvalue weighted by atomic mass is 10.2. The molecule has 0 bridgehead atoms. The van der Waals surface area contributed by atoms with Crippen molar-refractivity contribution in [1.29, 1.82) is 0 Å². The van der Waals surface area contributed by atoms with Crippen molar-refractivity contribution >= 4 is 22.9 Å². The summed E-state index contributed by atoms with van der Waals surface area (Å²) < 4.78 is 21.4. The summed E-state index contributed by atoms with van der Waals surface area (Å²) in [4.78, 5) is 13.0. The molecule has 0 saturated heterocycles. The minimum absolute atomic E-state index is 0.151. The van der Waals surface area contributed by atoms with Crippen LogP contribution in [0.25, 0.3) is 0 Å². The maximum Gasteiger partial charge on any atom is 0.259 e. The van der Waals surface area contributed by atoms with E-state index in [1.807, 2.05) is 0 Å². The van der Waals surface area contributed by atoms with Gasteiger partial charge in [0.25, 0.3) is 17.2 Å². The third-order valence-electron chi connectivity index (χ3n) is 1.72. The van der Waals surface area contributed by atoms with Gasteiger partial charge in [-0.1, -0.05) is 6.07 Å². The number of carbonyl (C=O) groups is 1. The first kappa shape index (κ1) is 11.7. The van der Waals surface area contributed by atoms with Crippen LogP contribution in [0.5, 0.6) is 0 Å². The topological polar surface area (TPSA) is 69.6 Å². The first-order chi connectivity index (χ1) is 7.00. The molecule has 0 aliphatic heterocycles. The first-order valence-electron chi connectivity index (χ1n) is 4.20. The van der Waals surface area contributed by atoms with Crippen LogP contribution in [-0.2, 0) is 11.3 Å². The molecule has 0 fully saturated rings. The summed E-state index contributed by atoms with van der Waals surface area (Å²) >= 11 is -2.12. The monoisotopic (exact) mass is 228 g/mol. The van der Waals surface area contributed by atoms with Crippen LogP contribution in [0.3, 0.4) is 0 Å². The van der Waals surface area contributed by atoms with Crippen molar-refractivity contribution in [1.82, 2.24) is 4.90 Å². The molecule has 82 valence electrons. The van der Waals surface area contributed by atoms with Gasteiger partial charge in [-0.25, -0.2) is 4.21 Å². The Morgan fingerprint density at radius 2 is 2.13 bits per heavy atom. The largest absolute Gasteiger partial charge is 0.345 e. The first-order valence-corrected chi connectivity index (χ1v) is 5.30. The standard InChI is InChI=1S/C9H12N2O3S/c1-11(2)9(12)7-4-3-5-8(6-7)10-15(13)14/h3-6,10H,1-2H3,(H,13,14). The van der Waals surface area contributed by atoms with Crippen molar-refractivity contribution in [3.05, 3.63) is 29.8 Å². The zero-order valence-electron chi connectivity index (χ0n) is 8.43. The maximum absolute atomic E-state index is 11.5. The summed E-state index contributed by atoms with van der Waals surface area (Å²) in [5.74, 6) is -0.151. The SMILES string of the molecule is CN(C)C(=O)c1cccc(NS(=O)O)c1. The Kier molecular flexibility index (Phi) is 3.81. The molecule has 1 rings (SSSR count). The predicted molar refractivity (Wildman–Crippen MR) is 58.9 cm³/mol. The molecule has 0 saturated carbocycles. The third-order valence-corrected chi connectivity index (χ3v) is 2.13. The molecule has 1 aromatic carbocycles. The Balaban J connectivity index is 2.92. The summed E-state index contributed by atoms with van der Waals surface area (Å²) in [6.45, 7) is 0. The highest BCUT2D eigenvalue weighted by Crippen LogP contribution is 2.12. The van der Waals surface area contributed by atoms with Gasteiger partial charge in [-0.3, -0.25) is 14.1 Å². The fraction of sp³-hybridized carbons (Fsp3) is 0.222. The second kappa shape index (κ2) is 4.90. The van der Waals surface area contributed by atoms with E-state index in [0.717, 1.165) is 0 Å². The molecule has 6 heteroatoms. The number of nitrogens with one attached hydrogen (secondary N) is 1. The van der Waals surface area contributed by atoms with E-state index < -0.39 is 11.3 Å². The van der Waals surface area contributed by atoms with Crippen LogP contribution in [0, 0.1) is 0 Å². The average molecular weight is 228 g/mol. The number of anilines is 1. The average Bonchev–Trinajstić information content (AvgIpc) is 2.16. The number of hydrogen-bond acceptors (Lipinski definition) is 2. The van der Waals surface area contributed by atoms with Crippen molar-refractivity contribution in [3.63, 3.8) is 0 Å². The highest BCUT2D eigenvalue weighted by molar-refractivity contribution is 7.80. The minimum Gasteiger partial charge on any atom is -0.345 e. The van der Waals surface area contributed by atoms with Gasteiger partial charge in [-0.05, 0) is 18.2 Å². The number of carbonyl (C=O) groups excluding carboxylic acids is 1. The second-order valence-corrected chi connectivity index (χ2v) is 3.83. The van der Waals surface area contributed by atoms with E-state index in [4.69, 9.17) is 4.55 Å². The van der Waals surface area contributed by atoms with Crippen LogP contribution in [0.4, 0.5) is 5.69 Å². The molecule has 1 unspecified atom stereocenters. The van der Waals surface area contributed by atoms with E-state index in [1.165, 1.54) is 11.0 Å². The number of nitrogens with zero attached hydrogens (tertiary/aromatic N) is 1. The van der Waals surface area contributed by atoms with E-state index in [1.54, 1.807) is 32.3 Å². The van der Waals surface area contributed by atoms with Crippen LogP contribution in [-0.4, -0.2) is 33.7 Å². The number of amides is 1. The van der Waals surface area contributed by atoms with Gasteiger partial charge < -0.3 is 4.90 Å². The minimum atomic E-state index is -2.12. The van der Waals surface area contributed by atoms with E-state index in [-0.39, 0.29) is 5.91 Å². The molecule has 5 nitrogen and oxygen atoms in total. The zero-order valence-corrected chi connectivity index (χ0v) is 9.25. The van der Waals surface area contributed by atoms with Crippen molar-refractivity contribution < 1.29 is 13.6 Å². The van der Waals surface area contributed by atoms with E-state index in [9.17, 15) is 9.00 Å². The summed E-state index contributed by atoms with van der Waals surface area (Å²) in [6.07, 6.45) is 0. The summed E-state index contributed by atoms with van der Waals surface area (Å²) in [6, 6.07) is 6.43. The van der Waals surface area contributed by atoms with Crippen LogP contribution in [0.1, 0.15) is 10.4 Å². The van der Waals surface area contributed by atoms with E-state index >= 15 is 0 Å². The predicted octanol–water partition coefficient (Wildman–Crippen LogP) is 0.937. The van der Waals surface area contributed by atoms with Crippen LogP contribution in [0.15, 0.2) is 24.3 Å². The Hall–Kier alpha value is -1.40. The lowest BCUT2D eigenvalue weighted by molar-refractivity contribution is 0.0827. The molecule has 0 aromatic heterocycles. The maximum atomic E-state index is 11.5. The zero-order chi connectivity index (χ0) is 11.4. The highest BCUT2D eigenvalue weighted by atomic mass is 32.2. The molecule has 15 heavy (non-hydrogen) atoms. The van der Waals surface area contributed by atoms with Gasteiger partial charge in [-0.15, -0.1) is 0 Å². The quantitative estimate of drug-likeness (QED) is 0.756. The summed E-state index contributed by atoms with van der Waals surface area (Å²) in [5.41, 5.74) is 0.902. The fourth-order valence-electron chi connectivity index (χ4n) is 1.07. The lowest BCUT2D eigenvalue weighted by Crippen LogP contribution is -2.21. The van der Waals surface area contributed by atoms with Crippen LogP contribution < -0.4 is 4.72 Å². The van der Waals surface area contributed by atoms with Gasteiger partial charge in [0.2, 0.25) is 0 Å². The third kappa shape index (κ3) is 3.34. The smallest absolute Gasteiger partial charge is 0.259 e.